The van der Waals surface area contributed by atoms with E-state index in [0.29, 0.717) is 12.8 Å². The summed E-state index contributed by atoms with van der Waals surface area (Å²) in [4.78, 5) is 0.385. The molecule has 1 unspecified atom stereocenters. The van der Waals surface area contributed by atoms with Crippen molar-refractivity contribution in [1.29, 1.82) is 0 Å². The lowest BCUT2D eigenvalue weighted by atomic mass is 10.2. The molecule has 1 N–H and O–H groups in total. The molecule has 0 radical (unpaired) electrons. The summed E-state index contributed by atoms with van der Waals surface area (Å²) >= 11 is 0. The Morgan fingerprint density at radius 3 is 2.35 bits per heavy atom. The van der Waals surface area contributed by atoms with E-state index in [-0.39, 0.29) is 9.80 Å². The van der Waals surface area contributed by atoms with Crippen LogP contribution < -0.4 is 0 Å². The number of unbranched alkanes of at least 4 members (excludes halogenated alkanes) is 2. The number of sulfone groups is 1. The monoisotopic (exact) mass is 296 g/mol. The van der Waals surface area contributed by atoms with Gasteiger partial charge in [-0.1, -0.05) is 50.5 Å². The van der Waals surface area contributed by atoms with Gasteiger partial charge in [-0.3, -0.25) is 0 Å². The van der Waals surface area contributed by atoms with E-state index in [1.807, 2.05) is 6.92 Å². The molecular formula is C16H24O3S. The number of hydrogen-bond acceptors (Lipinski definition) is 3. The molecule has 4 heteroatoms. The molecule has 1 rings (SSSR count). The highest BCUT2D eigenvalue weighted by Crippen LogP contribution is 2.24. The standard InChI is InChI=1S/C16H24O3S/c1-4-6-7-8-16(15(17)5-2)20(18,19)14-11-9-13(3)10-12-14/h8-12,15,17H,4-7H2,1-3H3/b16-8-. The number of rotatable bonds is 7. The zero-order valence-electron chi connectivity index (χ0n) is 12.5. The van der Waals surface area contributed by atoms with Crippen molar-refractivity contribution >= 4 is 9.84 Å². The number of benzene rings is 1. The van der Waals surface area contributed by atoms with Crippen molar-refractivity contribution in [2.45, 2.75) is 57.5 Å². The molecule has 0 bridgehead atoms. The molecule has 0 saturated heterocycles. The fourth-order valence-electron chi connectivity index (χ4n) is 1.93. The molecule has 1 atom stereocenters. The predicted octanol–water partition coefficient (Wildman–Crippen LogP) is 3.61. The Morgan fingerprint density at radius 2 is 1.85 bits per heavy atom. The van der Waals surface area contributed by atoms with Gasteiger partial charge in [0.1, 0.15) is 0 Å². The Balaban J connectivity index is 3.17. The number of allylic oxidation sites excluding steroid dienone is 1. The summed E-state index contributed by atoms with van der Waals surface area (Å²) in [7, 11) is -3.60. The summed E-state index contributed by atoms with van der Waals surface area (Å²) in [5, 5.41) is 10.0. The van der Waals surface area contributed by atoms with Gasteiger partial charge in [-0.25, -0.2) is 8.42 Å². The van der Waals surface area contributed by atoms with Gasteiger partial charge in [-0.15, -0.1) is 0 Å². The van der Waals surface area contributed by atoms with Crippen molar-refractivity contribution in [2.24, 2.45) is 0 Å². The van der Waals surface area contributed by atoms with E-state index in [9.17, 15) is 13.5 Å². The van der Waals surface area contributed by atoms with Gasteiger partial charge >= 0.3 is 0 Å². The molecule has 112 valence electrons. The van der Waals surface area contributed by atoms with E-state index in [1.54, 1.807) is 37.3 Å². The Labute approximate surface area is 122 Å². The highest BCUT2D eigenvalue weighted by Gasteiger charge is 2.25. The van der Waals surface area contributed by atoms with Crippen molar-refractivity contribution < 1.29 is 13.5 Å². The van der Waals surface area contributed by atoms with Crippen LogP contribution in [-0.4, -0.2) is 19.6 Å². The third kappa shape index (κ3) is 4.18. The predicted molar refractivity (Wildman–Crippen MR) is 82.3 cm³/mol. The SMILES string of the molecule is CCCC/C=C(/C(O)CC)S(=O)(=O)c1ccc(C)cc1. The summed E-state index contributed by atoms with van der Waals surface area (Å²) in [5.74, 6) is 0. The molecule has 0 fully saturated rings. The van der Waals surface area contributed by atoms with Gasteiger partial charge in [0.15, 0.2) is 0 Å². The van der Waals surface area contributed by atoms with Crippen LogP contribution in [0.2, 0.25) is 0 Å². The second-order valence-corrected chi connectivity index (χ2v) is 6.94. The zero-order valence-corrected chi connectivity index (χ0v) is 13.3. The van der Waals surface area contributed by atoms with Crippen LogP contribution in [-0.2, 0) is 9.84 Å². The molecule has 0 amide bonds. The second kappa shape index (κ2) is 7.60. The van der Waals surface area contributed by atoms with E-state index >= 15 is 0 Å². The first-order valence-corrected chi connectivity index (χ1v) is 8.61. The van der Waals surface area contributed by atoms with Crippen molar-refractivity contribution in [1.82, 2.24) is 0 Å². The van der Waals surface area contributed by atoms with Gasteiger partial charge in [0, 0.05) is 0 Å². The van der Waals surface area contributed by atoms with Gasteiger partial charge in [0.05, 0.1) is 15.9 Å². The maximum absolute atomic E-state index is 12.6. The third-order valence-electron chi connectivity index (χ3n) is 3.26. The van der Waals surface area contributed by atoms with Gasteiger partial charge in [0.2, 0.25) is 9.84 Å². The van der Waals surface area contributed by atoms with Crippen LogP contribution in [0.15, 0.2) is 40.1 Å². The number of aliphatic hydroxyl groups excluding tert-OH is 1. The molecule has 0 saturated carbocycles. The van der Waals surface area contributed by atoms with Crippen molar-refractivity contribution in [3.8, 4) is 0 Å². The minimum absolute atomic E-state index is 0.136. The summed E-state index contributed by atoms with van der Waals surface area (Å²) in [5.41, 5.74) is 1.01. The highest BCUT2D eigenvalue weighted by molar-refractivity contribution is 7.95. The molecule has 0 aliphatic heterocycles. The summed E-state index contributed by atoms with van der Waals surface area (Å²) in [6, 6.07) is 6.74. The molecular weight excluding hydrogens is 272 g/mol. The second-order valence-electron chi connectivity index (χ2n) is 4.99. The number of aliphatic hydroxyl groups is 1. The van der Waals surface area contributed by atoms with Crippen LogP contribution in [0.25, 0.3) is 0 Å². The Bertz CT molecular complexity index is 542. The van der Waals surface area contributed by atoms with E-state index < -0.39 is 15.9 Å². The van der Waals surface area contributed by atoms with E-state index in [2.05, 4.69) is 6.92 Å². The van der Waals surface area contributed by atoms with Crippen molar-refractivity contribution in [3.05, 3.63) is 40.8 Å². The van der Waals surface area contributed by atoms with Crippen LogP contribution in [0.3, 0.4) is 0 Å². The molecule has 1 aromatic carbocycles. The van der Waals surface area contributed by atoms with Crippen LogP contribution in [0.1, 0.15) is 45.1 Å². The molecule has 0 heterocycles. The Hall–Kier alpha value is -1.13. The average molecular weight is 296 g/mol. The highest BCUT2D eigenvalue weighted by atomic mass is 32.2. The van der Waals surface area contributed by atoms with Crippen LogP contribution in [0.4, 0.5) is 0 Å². The van der Waals surface area contributed by atoms with E-state index in [0.717, 1.165) is 18.4 Å². The molecule has 20 heavy (non-hydrogen) atoms. The normalized spacial score (nSPS) is 14.3. The van der Waals surface area contributed by atoms with Crippen LogP contribution in [0.5, 0.6) is 0 Å². The van der Waals surface area contributed by atoms with Crippen molar-refractivity contribution in [2.75, 3.05) is 0 Å². The number of hydrogen-bond donors (Lipinski definition) is 1. The molecule has 0 spiro atoms. The summed E-state index contributed by atoms with van der Waals surface area (Å²) in [6.45, 7) is 5.75. The lowest BCUT2D eigenvalue weighted by Gasteiger charge is -2.14. The van der Waals surface area contributed by atoms with Crippen LogP contribution >= 0.6 is 0 Å². The first-order chi connectivity index (χ1) is 9.43. The smallest absolute Gasteiger partial charge is 0.205 e. The fraction of sp³-hybridized carbons (Fsp3) is 0.500. The maximum atomic E-state index is 12.6. The summed E-state index contributed by atoms with van der Waals surface area (Å²) < 4.78 is 25.2. The minimum Gasteiger partial charge on any atom is -0.388 e. The van der Waals surface area contributed by atoms with Gasteiger partial charge < -0.3 is 5.11 Å². The lowest BCUT2D eigenvalue weighted by molar-refractivity contribution is 0.213. The number of aryl methyl sites for hydroxylation is 1. The first-order valence-electron chi connectivity index (χ1n) is 7.13. The zero-order chi connectivity index (χ0) is 15.2. The largest absolute Gasteiger partial charge is 0.388 e. The minimum atomic E-state index is -3.60. The van der Waals surface area contributed by atoms with Gasteiger partial charge in [-0.05, 0) is 31.9 Å². The molecule has 0 aliphatic carbocycles. The maximum Gasteiger partial charge on any atom is 0.205 e. The van der Waals surface area contributed by atoms with Crippen LogP contribution in [0, 0.1) is 6.92 Å². The Morgan fingerprint density at radius 1 is 1.25 bits per heavy atom. The van der Waals surface area contributed by atoms with E-state index in [1.165, 1.54) is 0 Å². The van der Waals surface area contributed by atoms with Gasteiger partial charge in [-0.2, -0.15) is 0 Å². The third-order valence-corrected chi connectivity index (χ3v) is 5.21. The summed E-state index contributed by atoms with van der Waals surface area (Å²) in [6.07, 6.45) is 3.72. The molecule has 1 aromatic rings. The average Bonchev–Trinajstić information content (AvgIpc) is 2.43. The lowest BCUT2D eigenvalue weighted by Crippen LogP contribution is -2.18. The van der Waals surface area contributed by atoms with E-state index in [4.69, 9.17) is 0 Å². The molecule has 0 aliphatic rings. The quantitative estimate of drug-likeness (QED) is 0.782. The topological polar surface area (TPSA) is 54.4 Å². The Kier molecular flexibility index (Phi) is 6.43. The van der Waals surface area contributed by atoms with Crippen molar-refractivity contribution in [3.63, 3.8) is 0 Å². The first kappa shape index (κ1) is 16.9. The van der Waals surface area contributed by atoms with Gasteiger partial charge in [0.25, 0.3) is 0 Å². The fourth-order valence-corrected chi connectivity index (χ4v) is 3.56. The molecule has 0 aromatic heterocycles. The molecule has 3 nitrogen and oxygen atoms in total.